The Bertz CT molecular complexity index is 1290. The number of thiazole rings is 1. The van der Waals surface area contributed by atoms with Crippen LogP contribution in [0.15, 0.2) is 39.5 Å². The van der Waals surface area contributed by atoms with Gasteiger partial charge in [0.15, 0.2) is 15.6 Å². The number of ketones is 1. The van der Waals surface area contributed by atoms with Crippen LogP contribution in [0.5, 0.6) is 0 Å². The van der Waals surface area contributed by atoms with Crippen molar-refractivity contribution in [1.29, 1.82) is 0 Å². The van der Waals surface area contributed by atoms with Gasteiger partial charge < -0.3 is 0 Å². The van der Waals surface area contributed by atoms with E-state index in [-0.39, 0.29) is 15.4 Å². The number of hydrogen-bond acceptors (Lipinski definition) is 6. The summed E-state index contributed by atoms with van der Waals surface area (Å²) in [6, 6.07) is 0. The number of sulfone groups is 1. The molecular formula is C29H39NO3S3. The highest BCUT2D eigenvalue weighted by molar-refractivity contribution is 7.93. The summed E-state index contributed by atoms with van der Waals surface area (Å²) in [6.45, 7) is 10.4. The van der Waals surface area contributed by atoms with Crippen LogP contribution in [0.2, 0.25) is 0 Å². The van der Waals surface area contributed by atoms with Crippen LogP contribution in [0.3, 0.4) is 0 Å². The van der Waals surface area contributed by atoms with Gasteiger partial charge in [0.2, 0.25) is 0 Å². The van der Waals surface area contributed by atoms with Crippen molar-refractivity contribution in [3.8, 4) is 9.88 Å². The SMILES string of the molecule is CC.CCCCCCC1=CC=C(c2csc(-c3sc(S(C)(=O)=O)c4c3CC(C)(C)CC4=O)n2)C=CC1. The molecule has 0 unspecified atom stereocenters. The first-order valence-corrected chi connectivity index (χ1v) is 16.6. The van der Waals surface area contributed by atoms with Crippen LogP contribution >= 0.6 is 22.7 Å². The minimum absolute atomic E-state index is 0.0723. The van der Waals surface area contributed by atoms with Crippen LogP contribution in [0.1, 0.15) is 101 Å². The fourth-order valence-electron chi connectivity index (χ4n) is 4.70. The Morgan fingerprint density at radius 3 is 2.53 bits per heavy atom. The second kappa shape index (κ2) is 12.1. The molecule has 0 spiro atoms. The minimum atomic E-state index is -3.49. The van der Waals surface area contributed by atoms with Crippen molar-refractivity contribution in [2.75, 3.05) is 6.26 Å². The molecular weight excluding hydrogens is 507 g/mol. The van der Waals surface area contributed by atoms with Gasteiger partial charge in [-0.25, -0.2) is 13.4 Å². The molecule has 0 atom stereocenters. The molecule has 2 aliphatic carbocycles. The van der Waals surface area contributed by atoms with Crippen molar-refractivity contribution < 1.29 is 13.2 Å². The molecule has 0 saturated carbocycles. The highest BCUT2D eigenvalue weighted by atomic mass is 32.2. The second-order valence-corrected chi connectivity index (χ2v) is 14.3. The molecule has 2 aliphatic rings. The predicted octanol–water partition coefficient (Wildman–Crippen LogP) is 8.70. The zero-order valence-corrected chi connectivity index (χ0v) is 24.9. The van der Waals surface area contributed by atoms with Gasteiger partial charge in [0.1, 0.15) is 9.22 Å². The maximum absolute atomic E-state index is 12.9. The quantitative estimate of drug-likeness (QED) is 0.311. The number of nitrogens with zero attached hydrogens (tertiary/aromatic N) is 1. The first-order chi connectivity index (χ1) is 17.1. The fraction of sp³-hybridized carbons (Fsp3) is 0.517. The highest BCUT2D eigenvalue weighted by Crippen LogP contribution is 2.47. The third-order valence-corrected chi connectivity index (χ3v) is 10.5. The number of Topliss-reactive ketones (excluding diaryl/α,β-unsaturated/α-hetero) is 1. The van der Waals surface area contributed by atoms with Crippen LogP contribution in [-0.4, -0.2) is 25.4 Å². The Hall–Kier alpha value is -1.83. The molecule has 0 fully saturated rings. The number of thiophene rings is 1. The van der Waals surface area contributed by atoms with Gasteiger partial charge in [-0.05, 0) is 36.7 Å². The molecule has 0 N–H and O–H groups in total. The molecule has 2 heterocycles. The van der Waals surface area contributed by atoms with E-state index in [0.717, 1.165) is 39.6 Å². The molecule has 4 rings (SSSR count). The molecule has 0 bridgehead atoms. The smallest absolute Gasteiger partial charge is 0.185 e. The van der Waals surface area contributed by atoms with Crippen LogP contribution in [0.25, 0.3) is 15.5 Å². The zero-order chi connectivity index (χ0) is 26.5. The fourth-order valence-corrected chi connectivity index (χ4v) is 8.19. The van der Waals surface area contributed by atoms with Crippen molar-refractivity contribution in [3.63, 3.8) is 0 Å². The normalized spacial score (nSPS) is 17.0. The van der Waals surface area contributed by atoms with E-state index in [2.05, 4.69) is 45.1 Å². The van der Waals surface area contributed by atoms with E-state index >= 15 is 0 Å². The number of hydrogen-bond donors (Lipinski definition) is 0. The van der Waals surface area contributed by atoms with Crippen LogP contribution in [0.4, 0.5) is 0 Å². The Balaban J connectivity index is 0.00000176. The topological polar surface area (TPSA) is 64.1 Å². The zero-order valence-electron chi connectivity index (χ0n) is 22.4. The van der Waals surface area contributed by atoms with Gasteiger partial charge in [0.05, 0.1) is 16.1 Å². The number of unbranched alkanes of at least 4 members (excludes halogenated alkanes) is 3. The number of aromatic nitrogens is 1. The van der Waals surface area contributed by atoms with Crippen LogP contribution in [0, 0.1) is 5.41 Å². The number of allylic oxidation sites excluding steroid dienone is 6. The van der Waals surface area contributed by atoms with E-state index in [4.69, 9.17) is 4.98 Å². The predicted molar refractivity (Wildman–Crippen MR) is 155 cm³/mol. The van der Waals surface area contributed by atoms with E-state index in [0.29, 0.717) is 18.4 Å². The van der Waals surface area contributed by atoms with Crippen LogP contribution in [-0.2, 0) is 16.3 Å². The summed E-state index contributed by atoms with van der Waals surface area (Å²) in [6.07, 6.45) is 18.1. The summed E-state index contributed by atoms with van der Waals surface area (Å²) in [5, 5.41) is 2.83. The average Bonchev–Trinajstić information content (AvgIpc) is 3.37. The van der Waals surface area contributed by atoms with Gasteiger partial charge in [0, 0.05) is 23.6 Å². The largest absolute Gasteiger partial charge is 0.294 e. The maximum Gasteiger partial charge on any atom is 0.185 e. The van der Waals surface area contributed by atoms with Gasteiger partial charge >= 0.3 is 0 Å². The molecule has 0 aliphatic heterocycles. The standard InChI is InChI=1S/C27H33NO3S3.C2H6/c1-5-6-7-8-10-18-11-9-12-19(14-13-18)21-17-32-25(28-21)24-20-15-27(2,3)16-22(29)23(20)26(33-24)34(4,30)31;1-2/h9,12-14,17H,5-8,10-11,15-16H2,1-4H3;1-2H3. The van der Waals surface area contributed by atoms with E-state index in [1.807, 2.05) is 19.2 Å². The second-order valence-electron chi connectivity index (χ2n) is 10.2. The number of rotatable bonds is 8. The molecule has 4 nitrogen and oxygen atoms in total. The van der Waals surface area contributed by atoms with Crippen molar-refractivity contribution >= 4 is 43.9 Å². The summed E-state index contributed by atoms with van der Waals surface area (Å²) in [5.74, 6) is -0.0723. The Labute approximate surface area is 225 Å². The summed E-state index contributed by atoms with van der Waals surface area (Å²) in [7, 11) is -3.49. The number of carbonyl (C=O) groups excluding carboxylic acids is 1. The molecule has 0 amide bonds. The molecule has 0 aromatic carbocycles. The third-order valence-electron chi connectivity index (χ3n) is 6.41. The lowest BCUT2D eigenvalue weighted by molar-refractivity contribution is 0.0910. The maximum atomic E-state index is 12.9. The van der Waals surface area contributed by atoms with Crippen LogP contribution < -0.4 is 0 Å². The van der Waals surface area contributed by atoms with Gasteiger partial charge in [-0.3, -0.25) is 4.79 Å². The third kappa shape index (κ3) is 6.73. The minimum Gasteiger partial charge on any atom is -0.294 e. The van der Waals surface area contributed by atoms with Crippen molar-refractivity contribution in [1.82, 2.24) is 4.98 Å². The molecule has 7 heteroatoms. The summed E-state index contributed by atoms with van der Waals surface area (Å²) in [4.78, 5) is 18.7. The van der Waals surface area contributed by atoms with Gasteiger partial charge in [-0.15, -0.1) is 22.7 Å². The Morgan fingerprint density at radius 2 is 1.83 bits per heavy atom. The van der Waals surface area contributed by atoms with Crippen molar-refractivity contribution in [2.24, 2.45) is 5.41 Å². The van der Waals surface area contributed by atoms with E-state index < -0.39 is 9.84 Å². The Kier molecular flexibility index (Phi) is 9.69. The first kappa shape index (κ1) is 28.7. The first-order valence-electron chi connectivity index (χ1n) is 13.0. The van der Waals surface area contributed by atoms with Gasteiger partial charge in [-0.2, -0.15) is 0 Å². The average molecular weight is 546 g/mol. The summed E-state index contributed by atoms with van der Waals surface area (Å²) >= 11 is 2.73. The van der Waals surface area contributed by atoms with E-state index in [9.17, 15) is 13.2 Å². The monoisotopic (exact) mass is 545 g/mol. The van der Waals surface area contributed by atoms with E-state index in [1.54, 1.807) is 0 Å². The number of fused-ring (bicyclic) bond motifs is 1. The van der Waals surface area contributed by atoms with Gasteiger partial charge in [-0.1, -0.05) is 83.8 Å². The van der Waals surface area contributed by atoms with Crippen molar-refractivity contribution in [2.45, 2.75) is 90.2 Å². The molecule has 36 heavy (non-hydrogen) atoms. The lowest BCUT2D eigenvalue weighted by Gasteiger charge is -2.29. The summed E-state index contributed by atoms with van der Waals surface area (Å²) < 4.78 is 25.2. The molecule has 0 saturated heterocycles. The van der Waals surface area contributed by atoms with Gasteiger partial charge in [0.25, 0.3) is 0 Å². The Morgan fingerprint density at radius 1 is 1.08 bits per heavy atom. The molecule has 2 aromatic heterocycles. The summed E-state index contributed by atoms with van der Waals surface area (Å²) in [5.41, 5.74) is 4.47. The van der Waals surface area contributed by atoms with E-state index in [1.165, 1.54) is 60.2 Å². The molecule has 196 valence electrons. The number of carbonyl (C=O) groups is 1. The van der Waals surface area contributed by atoms with Crippen molar-refractivity contribution in [3.05, 3.63) is 52.1 Å². The highest BCUT2D eigenvalue weighted by Gasteiger charge is 2.39. The lowest BCUT2D eigenvalue weighted by atomic mass is 9.74. The lowest BCUT2D eigenvalue weighted by Crippen LogP contribution is -2.27. The molecule has 0 radical (unpaired) electrons. The molecule has 2 aromatic rings.